The zero-order valence-corrected chi connectivity index (χ0v) is 12.0. The lowest BCUT2D eigenvalue weighted by Crippen LogP contribution is -2.42. The first-order chi connectivity index (χ1) is 7.94. The number of ether oxygens (including phenoxy) is 1. The molecule has 0 aliphatic heterocycles. The Kier molecular flexibility index (Phi) is 3.83. The van der Waals surface area contributed by atoms with Crippen LogP contribution in [0.25, 0.3) is 0 Å². The standard InChI is InChI=1S/C13H24O5/c1-11(2,3)17-10(15)13(6)7-8(13)9(14)12(4,5)18-16/h8-9,14,16H,7H2,1-6H3. The van der Waals surface area contributed by atoms with Crippen LogP contribution < -0.4 is 0 Å². The summed E-state index contributed by atoms with van der Waals surface area (Å²) >= 11 is 0. The van der Waals surface area contributed by atoms with Crippen LogP contribution >= 0.6 is 0 Å². The Morgan fingerprint density at radius 1 is 1.33 bits per heavy atom. The number of aliphatic hydroxyl groups is 1. The highest BCUT2D eigenvalue weighted by atomic mass is 17.1. The van der Waals surface area contributed by atoms with Crippen LogP contribution in [0.15, 0.2) is 0 Å². The molecule has 1 aliphatic carbocycles. The van der Waals surface area contributed by atoms with Crippen LogP contribution in [0, 0.1) is 11.3 Å². The molecule has 1 aliphatic rings. The summed E-state index contributed by atoms with van der Waals surface area (Å²) in [5.74, 6) is -0.567. The predicted molar refractivity (Wildman–Crippen MR) is 65.9 cm³/mol. The van der Waals surface area contributed by atoms with E-state index in [0.717, 1.165) is 0 Å². The SMILES string of the molecule is CC(C)(C)OC(=O)C1(C)CC1C(O)C(C)(C)OO. The highest BCUT2D eigenvalue weighted by molar-refractivity contribution is 5.80. The van der Waals surface area contributed by atoms with E-state index >= 15 is 0 Å². The third-order valence-corrected chi connectivity index (χ3v) is 3.50. The molecule has 3 atom stereocenters. The summed E-state index contributed by atoms with van der Waals surface area (Å²) in [4.78, 5) is 16.3. The van der Waals surface area contributed by atoms with E-state index in [0.29, 0.717) is 6.42 Å². The second-order valence-electron chi connectivity index (χ2n) is 6.87. The molecule has 0 aromatic carbocycles. The minimum atomic E-state index is -1.09. The van der Waals surface area contributed by atoms with Crippen molar-refractivity contribution < 1.29 is 24.8 Å². The van der Waals surface area contributed by atoms with Crippen molar-refractivity contribution in [3.8, 4) is 0 Å². The smallest absolute Gasteiger partial charge is 0.312 e. The van der Waals surface area contributed by atoms with E-state index in [1.165, 1.54) is 0 Å². The lowest BCUT2D eigenvalue weighted by Gasteiger charge is -2.29. The van der Waals surface area contributed by atoms with Crippen LogP contribution in [0.3, 0.4) is 0 Å². The summed E-state index contributed by atoms with van der Waals surface area (Å²) in [7, 11) is 0. The van der Waals surface area contributed by atoms with Gasteiger partial charge in [-0.3, -0.25) is 10.1 Å². The largest absolute Gasteiger partial charge is 0.460 e. The molecule has 5 nitrogen and oxygen atoms in total. The Morgan fingerprint density at radius 3 is 2.22 bits per heavy atom. The Balaban J connectivity index is 2.69. The molecule has 0 spiro atoms. The second-order valence-corrected chi connectivity index (χ2v) is 6.87. The summed E-state index contributed by atoms with van der Waals surface area (Å²) in [5.41, 5.74) is -2.33. The number of carbonyl (C=O) groups is 1. The molecule has 106 valence electrons. The molecule has 1 saturated carbocycles. The van der Waals surface area contributed by atoms with E-state index < -0.39 is 22.7 Å². The van der Waals surface area contributed by atoms with Crippen molar-refractivity contribution in [2.24, 2.45) is 11.3 Å². The van der Waals surface area contributed by atoms with Crippen LogP contribution in [0.4, 0.5) is 0 Å². The summed E-state index contributed by atoms with van der Waals surface area (Å²) in [6, 6.07) is 0. The lowest BCUT2D eigenvalue weighted by atomic mass is 9.92. The molecule has 0 bridgehead atoms. The normalized spacial score (nSPS) is 29.9. The number of carbonyl (C=O) groups excluding carboxylic acids is 1. The summed E-state index contributed by atoms with van der Waals surface area (Å²) in [5, 5.41) is 18.9. The quantitative estimate of drug-likeness (QED) is 0.459. The first-order valence-electron chi connectivity index (χ1n) is 6.18. The number of hydrogen-bond acceptors (Lipinski definition) is 5. The maximum absolute atomic E-state index is 12.0. The van der Waals surface area contributed by atoms with Crippen molar-refractivity contribution >= 4 is 5.97 Å². The van der Waals surface area contributed by atoms with Gasteiger partial charge in [0.2, 0.25) is 0 Å². The summed E-state index contributed by atoms with van der Waals surface area (Å²) < 4.78 is 5.34. The van der Waals surface area contributed by atoms with Crippen molar-refractivity contribution in [2.75, 3.05) is 0 Å². The van der Waals surface area contributed by atoms with Crippen LogP contribution in [0.2, 0.25) is 0 Å². The van der Waals surface area contributed by atoms with Gasteiger partial charge >= 0.3 is 5.97 Å². The van der Waals surface area contributed by atoms with Crippen LogP contribution in [-0.4, -0.2) is 33.6 Å². The van der Waals surface area contributed by atoms with Gasteiger partial charge in [-0.15, -0.1) is 0 Å². The number of aliphatic hydroxyl groups excluding tert-OH is 1. The van der Waals surface area contributed by atoms with E-state index in [1.54, 1.807) is 20.8 Å². The van der Waals surface area contributed by atoms with Gasteiger partial charge in [-0.2, -0.15) is 0 Å². The number of esters is 1. The molecule has 1 rings (SSSR count). The van der Waals surface area contributed by atoms with E-state index in [-0.39, 0.29) is 11.9 Å². The lowest BCUT2D eigenvalue weighted by molar-refractivity contribution is -0.335. The average Bonchev–Trinajstić information content (AvgIpc) is 2.88. The fraction of sp³-hybridized carbons (Fsp3) is 0.923. The molecule has 3 unspecified atom stereocenters. The van der Waals surface area contributed by atoms with Crippen LogP contribution in [-0.2, 0) is 14.4 Å². The Hall–Kier alpha value is -0.650. The third-order valence-electron chi connectivity index (χ3n) is 3.50. The van der Waals surface area contributed by atoms with Gasteiger partial charge in [-0.1, -0.05) is 0 Å². The van der Waals surface area contributed by atoms with Crippen molar-refractivity contribution in [3.63, 3.8) is 0 Å². The zero-order valence-electron chi connectivity index (χ0n) is 12.0. The zero-order chi connectivity index (χ0) is 14.4. The van der Waals surface area contributed by atoms with Crippen molar-refractivity contribution in [1.82, 2.24) is 0 Å². The fourth-order valence-corrected chi connectivity index (χ4v) is 2.03. The minimum Gasteiger partial charge on any atom is -0.460 e. The van der Waals surface area contributed by atoms with Gasteiger partial charge in [-0.05, 0) is 48.0 Å². The van der Waals surface area contributed by atoms with Gasteiger partial charge in [0.25, 0.3) is 0 Å². The number of hydrogen-bond donors (Lipinski definition) is 2. The molecule has 18 heavy (non-hydrogen) atoms. The fourth-order valence-electron chi connectivity index (χ4n) is 2.03. The van der Waals surface area contributed by atoms with Crippen LogP contribution in [0.5, 0.6) is 0 Å². The van der Waals surface area contributed by atoms with Gasteiger partial charge < -0.3 is 9.84 Å². The summed E-state index contributed by atoms with van der Waals surface area (Å²) in [6.07, 6.45) is -0.379. The topological polar surface area (TPSA) is 76.0 Å². The molecule has 0 heterocycles. The molecule has 0 aromatic heterocycles. The monoisotopic (exact) mass is 260 g/mol. The Labute approximate surface area is 108 Å². The van der Waals surface area contributed by atoms with Gasteiger partial charge in [0.1, 0.15) is 11.2 Å². The third kappa shape index (κ3) is 3.02. The molecule has 0 aromatic rings. The van der Waals surface area contributed by atoms with Crippen LogP contribution in [0.1, 0.15) is 48.0 Å². The van der Waals surface area contributed by atoms with Crippen molar-refractivity contribution in [1.29, 1.82) is 0 Å². The van der Waals surface area contributed by atoms with E-state index in [2.05, 4.69) is 4.89 Å². The molecule has 2 N–H and O–H groups in total. The minimum absolute atomic E-state index is 0.255. The molecule has 1 fully saturated rings. The van der Waals surface area contributed by atoms with E-state index in [9.17, 15) is 9.90 Å². The van der Waals surface area contributed by atoms with Crippen molar-refractivity contribution in [3.05, 3.63) is 0 Å². The molecular weight excluding hydrogens is 236 g/mol. The molecular formula is C13H24O5. The molecule has 5 heteroatoms. The van der Waals surface area contributed by atoms with Gasteiger partial charge in [-0.25, -0.2) is 4.89 Å². The molecule has 0 saturated heterocycles. The molecule has 0 amide bonds. The van der Waals surface area contributed by atoms with Gasteiger partial charge in [0.15, 0.2) is 0 Å². The number of rotatable bonds is 4. The highest BCUT2D eigenvalue weighted by Crippen LogP contribution is 2.57. The van der Waals surface area contributed by atoms with E-state index in [4.69, 9.17) is 9.99 Å². The van der Waals surface area contributed by atoms with Gasteiger partial charge in [0, 0.05) is 5.92 Å². The summed E-state index contributed by atoms with van der Waals surface area (Å²) in [6.45, 7) is 10.3. The van der Waals surface area contributed by atoms with E-state index in [1.807, 2.05) is 20.8 Å². The first-order valence-corrected chi connectivity index (χ1v) is 6.18. The first kappa shape index (κ1) is 15.4. The highest BCUT2D eigenvalue weighted by Gasteiger charge is 2.63. The van der Waals surface area contributed by atoms with Crippen molar-refractivity contribution in [2.45, 2.75) is 65.3 Å². The van der Waals surface area contributed by atoms with Gasteiger partial charge in [0.05, 0.1) is 11.5 Å². The Morgan fingerprint density at radius 2 is 1.83 bits per heavy atom. The molecule has 0 radical (unpaired) electrons. The predicted octanol–water partition coefficient (Wildman–Crippen LogP) is 1.98. The Bertz CT molecular complexity index is 331. The maximum Gasteiger partial charge on any atom is 0.312 e. The average molecular weight is 260 g/mol. The second kappa shape index (κ2) is 4.47. The maximum atomic E-state index is 12.0.